The van der Waals surface area contributed by atoms with Gasteiger partial charge in [-0.15, -0.1) is 0 Å². The Morgan fingerprint density at radius 3 is 2.68 bits per heavy atom. The molecular weight excluding hydrogens is 314 g/mol. The Labute approximate surface area is 145 Å². The molecule has 0 spiro atoms. The van der Waals surface area contributed by atoms with Crippen LogP contribution < -0.4 is 4.90 Å². The molecule has 1 fully saturated rings. The van der Waals surface area contributed by atoms with Crippen LogP contribution in [0.2, 0.25) is 0 Å². The van der Waals surface area contributed by atoms with Crippen LogP contribution in [-0.2, 0) is 0 Å². The number of nitrogens with zero attached hydrogens (tertiary/aromatic N) is 4. The van der Waals surface area contributed by atoms with Gasteiger partial charge in [-0.25, -0.2) is 4.98 Å². The Hall–Kier alpha value is -3.33. The first-order valence-corrected chi connectivity index (χ1v) is 8.23. The zero-order chi connectivity index (χ0) is 17.2. The predicted molar refractivity (Wildman–Crippen MR) is 95.4 cm³/mol. The molecule has 1 aromatic carbocycles. The number of nitrogens with one attached hydrogen (secondary N) is 1. The number of hydrogen-bond acceptors (Lipinski definition) is 4. The molecule has 1 N–H and O–H groups in total. The Kier molecular flexibility index (Phi) is 3.82. The van der Waals surface area contributed by atoms with Crippen LogP contribution in [0.3, 0.4) is 0 Å². The first-order valence-electron chi connectivity index (χ1n) is 8.23. The molecule has 0 atom stereocenters. The Morgan fingerprint density at radius 2 is 1.92 bits per heavy atom. The van der Waals surface area contributed by atoms with Gasteiger partial charge in [0.05, 0.1) is 0 Å². The fourth-order valence-corrected chi connectivity index (χ4v) is 3.20. The minimum Gasteiger partial charge on any atom is -0.368 e. The van der Waals surface area contributed by atoms with Gasteiger partial charge in [0.15, 0.2) is 0 Å². The van der Waals surface area contributed by atoms with Crippen molar-refractivity contribution in [2.24, 2.45) is 0 Å². The first-order chi connectivity index (χ1) is 12.2. The molecule has 0 radical (unpaired) electrons. The zero-order valence-corrected chi connectivity index (χ0v) is 13.6. The fourth-order valence-electron chi connectivity index (χ4n) is 3.20. The summed E-state index contributed by atoms with van der Waals surface area (Å²) in [7, 11) is 0. The van der Waals surface area contributed by atoms with Gasteiger partial charge in [-0.05, 0) is 24.3 Å². The summed E-state index contributed by atoms with van der Waals surface area (Å²) in [5.74, 6) is 0.0308. The fraction of sp³-hybridized carbons (Fsp3) is 0.211. The van der Waals surface area contributed by atoms with Crippen molar-refractivity contribution < 1.29 is 4.79 Å². The lowest BCUT2D eigenvalue weighted by Gasteiger charge is -2.35. The van der Waals surface area contributed by atoms with Crippen LogP contribution in [-0.4, -0.2) is 47.0 Å². The van der Waals surface area contributed by atoms with Gasteiger partial charge in [-0.2, -0.15) is 5.26 Å². The molecule has 3 heterocycles. The molecule has 6 heteroatoms. The van der Waals surface area contributed by atoms with Crippen LogP contribution >= 0.6 is 0 Å². The number of hydrogen-bond donors (Lipinski definition) is 1. The van der Waals surface area contributed by atoms with Crippen LogP contribution in [0.5, 0.6) is 0 Å². The van der Waals surface area contributed by atoms with E-state index in [-0.39, 0.29) is 5.91 Å². The van der Waals surface area contributed by atoms with Crippen LogP contribution in [0.15, 0.2) is 48.7 Å². The Bertz CT molecular complexity index is 930. The van der Waals surface area contributed by atoms with Crippen molar-refractivity contribution in [3.63, 3.8) is 0 Å². The van der Waals surface area contributed by atoms with Crippen molar-refractivity contribution in [2.45, 2.75) is 0 Å². The van der Waals surface area contributed by atoms with E-state index in [0.29, 0.717) is 24.5 Å². The van der Waals surface area contributed by atoms with Gasteiger partial charge >= 0.3 is 0 Å². The molecule has 1 aliphatic rings. The average Bonchev–Trinajstić information content (AvgIpc) is 3.12. The standard InChI is InChI=1S/C19H17N5O/c20-13-15-12-16(5-6-21-15)23-7-9-24(10-8-23)19(25)18-11-14-3-1-2-4-17(14)22-18/h1-6,11-12,22H,7-10H2. The number of piperazine rings is 1. The van der Waals surface area contributed by atoms with E-state index >= 15 is 0 Å². The molecule has 0 saturated carbocycles. The summed E-state index contributed by atoms with van der Waals surface area (Å²) < 4.78 is 0. The van der Waals surface area contributed by atoms with E-state index in [1.54, 1.807) is 12.3 Å². The highest BCUT2D eigenvalue weighted by atomic mass is 16.2. The minimum absolute atomic E-state index is 0.0308. The molecule has 1 aliphatic heterocycles. The number of fused-ring (bicyclic) bond motifs is 1. The van der Waals surface area contributed by atoms with Crippen molar-refractivity contribution in [1.82, 2.24) is 14.9 Å². The van der Waals surface area contributed by atoms with Gasteiger partial charge in [-0.3, -0.25) is 4.79 Å². The van der Waals surface area contributed by atoms with E-state index in [0.717, 1.165) is 29.7 Å². The maximum Gasteiger partial charge on any atom is 0.270 e. The molecular formula is C19H17N5O. The van der Waals surface area contributed by atoms with Crippen molar-refractivity contribution in [1.29, 1.82) is 5.26 Å². The number of rotatable bonds is 2. The molecule has 6 nitrogen and oxygen atoms in total. The number of benzene rings is 1. The molecule has 1 amide bonds. The van der Waals surface area contributed by atoms with Crippen molar-refractivity contribution in [2.75, 3.05) is 31.1 Å². The van der Waals surface area contributed by atoms with Crippen LogP contribution in [0, 0.1) is 11.3 Å². The molecule has 1 saturated heterocycles. The van der Waals surface area contributed by atoms with E-state index in [4.69, 9.17) is 5.26 Å². The van der Waals surface area contributed by atoms with Crippen LogP contribution in [0.25, 0.3) is 10.9 Å². The van der Waals surface area contributed by atoms with Gasteiger partial charge in [0.25, 0.3) is 5.91 Å². The molecule has 0 unspecified atom stereocenters. The molecule has 0 aliphatic carbocycles. The lowest BCUT2D eigenvalue weighted by molar-refractivity contribution is 0.0742. The van der Waals surface area contributed by atoms with Crippen LogP contribution in [0.1, 0.15) is 16.2 Å². The summed E-state index contributed by atoms with van der Waals surface area (Å²) in [6, 6.07) is 15.5. The topological polar surface area (TPSA) is 76.0 Å². The van der Waals surface area contributed by atoms with Crippen LogP contribution in [0.4, 0.5) is 5.69 Å². The number of carbonyl (C=O) groups is 1. The summed E-state index contributed by atoms with van der Waals surface area (Å²) in [6.07, 6.45) is 1.65. The smallest absolute Gasteiger partial charge is 0.270 e. The molecule has 25 heavy (non-hydrogen) atoms. The molecule has 124 valence electrons. The lowest BCUT2D eigenvalue weighted by Crippen LogP contribution is -2.48. The Balaban J connectivity index is 1.46. The van der Waals surface area contributed by atoms with Gasteiger partial charge in [0.1, 0.15) is 17.5 Å². The lowest BCUT2D eigenvalue weighted by atomic mass is 10.2. The first kappa shape index (κ1) is 15.2. The summed E-state index contributed by atoms with van der Waals surface area (Å²) in [5.41, 5.74) is 2.99. The third-order valence-corrected chi connectivity index (χ3v) is 4.55. The van der Waals surface area contributed by atoms with E-state index < -0.39 is 0 Å². The number of amides is 1. The third-order valence-electron chi connectivity index (χ3n) is 4.55. The highest BCUT2D eigenvalue weighted by molar-refractivity contribution is 5.98. The highest BCUT2D eigenvalue weighted by Crippen LogP contribution is 2.19. The second-order valence-corrected chi connectivity index (χ2v) is 6.06. The largest absolute Gasteiger partial charge is 0.368 e. The number of carbonyl (C=O) groups excluding carboxylic acids is 1. The SMILES string of the molecule is N#Cc1cc(N2CCN(C(=O)c3cc4ccccc4[nH]3)CC2)ccn1. The average molecular weight is 331 g/mol. The normalized spacial score (nSPS) is 14.5. The second-order valence-electron chi connectivity index (χ2n) is 6.06. The second kappa shape index (κ2) is 6.29. The number of para-hydroxylation sites is 1. The van der Waals surface area contributed by atoms with Gasteiger partial charge in [0, 0.05) is 49.0 Å². The number of aromatic nitrogens is 2. The highest BCUT2D eigenvalue weighted by Gasteiger charge is 2.23. The monoisotopic (exact) mass is 331 g/mol. The number of aromatic amines is 1. The van der Waals surface area contributed by atoms with Gasteiger partial charge < -0.3 is 14.8 Å². The Morgan fingerprint density at radius 1 is 1.12 bits per heavy atom. The summed E-state index contributed by atoms with van der Waals surface area (Å²) >= 11 is 0. The van der Waals surface area contributed by atoms with Crippen molar-refractivity contribution in [3.05, 3.63) is 60.0 Å². The maximum atomic E-state index is 12.7. The van der Waals surface area contributed by atoms with Crippen molar-refractivity contribution in [3.8, 4) is 6.07 Å². The molecule has 4 rings (SSSR count). The number of nitriles is 1. The number of H-pyrrole nitrogens is 1. The quantitative estimate of drug-likeness (QED) is 0.782. The molecule has 2 aromatic heterocycles. The summed E-state index contributed by atoms with van der Waals surface area (Å²) in [5, 5.41) is 10.0. The van der Waals surface area contributed by atoms with E-state index in [1.807, 2.05) is 41.3 Å². The summed E-state index contributed by atoms with van der Waals surface area (Å²) in [4.78, 5) is 24.0. The zero-order valence-electron chi connectivity index (χ0n) is 13.6. The number of pyridine rings is 1. The molecule has 3 aromatic rings. The summed E-state index contributed by atoms with van der Waals surface area (Å²) in [6.45, 7) is 2.78. The van der Waals surface area contributed by atoms with E-state index in [9.17, 15) is 4.79 Å². The minimum atomic E-state index is 0.0308. The third kappa shape index (κ3) is 2.92. The molecule has 0 bridgehead atoms. The van der Waals surface area contributed by atoms with E-state index in [2.05, 4.69) is 20.9 Å². The van der Waals surface area contributed by atoms with Gasteiger partial charge in [0.2, 0.25) is 0 Å². The maximum absolute atomic E-state index is 12.7. The predicted octanol–water partition coefficient (Wildman–Crippen LogP) is 2.40. The number of anilines is 1. The van der Waals surface area contributed by atoms with Gasteiger partial charge in [-0.1, -0.05) is 18.2 Å². The van der Waals surface area contributed by atoms with E-state index in [1.165, 1.54) is 0 Å². The van der Waals surface area contributed by atoms with Crippen molar-refractivity contribution >= 4 is 22.5 Å².